The van der Waals surface area contributed by atoms with Gasteiger partial charge in [-0.2, -0.15) is 0 Å². The van der Waals surface area contributed by atoms with E-state index < -0.39 is 0 Å². The minimum Gasteiger partial charge on any atom is -0.493 e. The van der Waals surface area contributed by atoms with Gasteiger partial charge in [-0.3, -0.25) is 0 Å². The Balaban J connectivity index is 1.42. The molecule has 0 radical (unpaired) electrons. The average molecular weight is 467 g/mol. The first-order valence-electron chi connectivity index (χ1n) is 10.4. The van der Waals surface area contributed by atoms with E-state index in [1.807, 2.05) is 6.07 Å². The third kappa shape index (κ3) is 4.04. The first-order valence-corrected chi connectivity index (χ1v) is 11.4. The Morgan fingerprint density at radius 2 is 1.64 bits per heavy atom. The van der Waals surface area contributed by atoms with Crippen molar-refractivity contribution in [3.05, 3.63) is 57.4 Å². The maximum absolute atomic E-state index is 12.1. The lowest BCUT2D eigenvalue weighted by Crippen LogP contribution is -2.01. The van der Waals surface area contributed by atoms with Crippen molar-refractivity contribution in [1.29, 1.82) is 0 Å². The standard InChI is InChI=1S/C24H22N2O6S/c1-28-19-9-15(10-20(29-2)22(19)30-3)23-25-26-24(32-23)33-12-16-11-21(27)31-18-8-14-6-4-5-13(14)7-17(16)18/h7-11H,4-6,12H2,1-3H3. The number of fused-ring (bicyclic) bond motifs is 2. The molecule has 2 aromatic heterocycles. The van der Waals surface area contributed by atoms with E-state index in [1.54, 1.807) is 33.5 Å². The molecule has 0 unspecified atom stereocenters. The Morgan fingerprint density at radius 1 is 0.909 bits per heavy atom. The van der Waals surface area contributed by atoms with Crippen LogP contribution in [0.25, 0.3) is 22.4 Å². The van der Waals surface area contributed by atoms with E-state index >= 15 is 0 Å². The molecular formula is C24H22N2O6S. The van der Waals surface area contributed by atoms with E-state index in [2.05, 4.69) is 16.3 Å². The fourth-order valence-corrected chi connectivity index (χ4v) is 4.90. The summed E-state index contributed by atoms with van der Waals surface area (Å²) in [5.74, 6) is 2.30. The van der Waals surface area contributed by atoms with Crippen molar-refractivity contribution in [3.8, 4) is 28.7 Å². The van der Waals surface area contributed by atoms with Crippen LogP contribution in [0.2, 0.25) is 0 Å². The van der Waals surface area contributed by atoms with E-state index in [1.165, 1.54) is 29.0 Å². The van der Waals surface area contributed by atoms with Crippen LogP contribution < -0.4 is 19.8 Å². The molecule has 0 amide bonds. The zero-order valence-electron chi connectivity index (χ0n) is 18.5. The highest BCUT2D eigenvalue weighted by molar-refractivity contribution is 7.98. The summed E-state index contributed by atoms with van der Waals surface area (Å²) in [6.07, 6.45) is 3.21. The van der Waals surface area contributed by atoms with E-state index in [4.69, 9.17) is 23.0 Å². The summed E-state index contributed by atoms with van der Waals surface area (Å²) in [7, 11) is 4.64. The molecular weight excluding hydrogens is 444 g/mol. The number of thioether (sulfide) groups is 1. The average Bonchev–Trinajstić information content (AvgIpc) is 3.49. The largest absolute Gasteiger partial charge is 0.493 e. The SMILES string of the molecule is COc1cc(-c2nnc(SCc3cc(=O)oc4cc5c(cc34)CCC5)o2)cc(OC)c1OC. The van der Waals surface area contributed by atoms with Crippen LogP contribution in [-0.2, 0) is 18.6 Å². The summed E-state index contributed by atoms with van der Waals surface area (Å²) in [6.45, 7) is 0. The van der Waals surface area contributed by atoms with Gasteiger partial charge in [0.05, 0.1) is 21.3 Å². The number of nitrogens with zero attached hydrogens (tertiary/aromatic N) is 2. The maximum Gasteiger partial charge on any atom is 0.336 e. The van der Waals surface area contributed by atoms with Crippen LogP contribution in [0.4, 0.5) is 0 Å². The molecule has 1 aliphatic rings. The van der Waals surface area contributed by atoms with Gasteiger partial charge in [-0.15, -0.1) is 10.2 Å². The van der Waals surface area contributed by atoms with Gasteiger partial charge in [0.25, 0.3) is 5.22 Å². The van der Waals surface area contributed by atoms with Crippen LogP contribution in [0, 0.1) is 0 Å². The zero-order chi connectivity index (χ0) is 22.9. The van der Waals surface area contributed by atoms with Gasteiger partial charge in [0, 0.05) is 22.8 Å². The van der Waals surface area contributed by atoms with Crippen LogP contribution in [-0.4, -0.2) is 31.5 Å². The number of rotatable bonds is 7. The highest BCUT2D eigenvalue weighted by atomic mass is 32.2. The van der Waals surface area contributed by atoms with Crippen molar-refractivity contribution in [1.82, 2.24) is 10.2 Å². The summed E-state index contributed by atoms with van der Waals surface area (Å²) in [6, 6.07) is 9.18. The molecule has 0 fully saturated rings. The van der Waals surface area contributed by atoms with Crippen molar-refractivity contribution in [2.75, 3.05) is 21.3 Å². The summed E-state index contributed by atoms with van der Waals surface area (Å²) in [4.78, 5) is 12.1. The minimum atomic E-state index is -0.361. The molecule has 0 bridgehead atoms. The number of benzene rings is 2. The van der Waals surface area contributed by atoms with Gasteiger partial charge in [0.1, 0.15) is 5.58 Å². The molecule has 170 valence electrons. The molecule has 33 heavy (non-hydrogen) atoms. The first-order chi connectivity index (χ1) is 16.1. The second kappa shape index (κ2) is 8.82. The fraction of sp³-hybridized carbons (Fsp3) is 0.292. The van der Waals surface area contributed by atoms with Gasteiger partial charge in [-0.1, -0.05) is 11.8 Å². The predicted molar refractivity (Wildman–Crippen MR) is 123 cm³/mol. The highest BCUT2D eigenvalue weighted by Crippen LogP contribution is 2.41. The molecule has 4 aromatic rings. The quantitative estimate of drug-likeness (QED) is 0.285. The van der Waals surface area contributed by atoms with Crippen LogP contribution in [0.1, 0.15) is 23.1 Å². The molecule has 0 atom stereocenters. The fourth-order valence-electron chi connectivity index (χ4n) is 4.14. The number of hydrogen-bond donors (Lipinski definition) is 0. The Morgan fingerprint density at radius 3 is 2.33 bits per heavy atom. The van der Waals surface area contributed by atoms with E-state index in [0.29, 0.717) is 45.3 Å². The first kappa shape index (κ1) is 21.4. The molecule has 5 rings (SSSR count). The van der Waals surface area contributed by atoms with Gasteiger partial charge in [-0.05, 0) is 60.2 Å². The minimum absolute atomic E-state index is 0.326. The molecule has 2 heterocycles. The molecule has 2 aromatic carbocycles. The van der Waals surface area contributed by atoms with Gasteiger partial charge < -0.3 is 23.0 Å². The third-order valence-electron chi connectivity index (χ3n) is 5.71. The number of hydrogen-bond acceptors (Lipinski definition) is 9. The second-order valence-electron chi connectivity index (χ2n) is 7.64. The van der Waals surface area contributed by atoms with Crippen molar-refractivity contribution in [3.63, 3.8) is 0 Å². The van der Waals surface area contributed by atoms with Gasteiger partial charge in [0.2, 0.25) is 11.6 Å². The smallest absolute Gasteiger partial charge is 0.336 e. The van der Waals surface area contributed by atoms with Gasteiger partial charge >= 0.3 is 5.63 Å². The summed E-state index contributed by atoms with van der Waals surface area (Å²) in [5.41, 5.74) is 4.38. The normalized spacial score (nSPS) is 12.7. The van der Waals surface area contributed by atoms with Crippen molar-refractivity contribution in [2.24, 2.45) is 0 Å². The van der Waals surface area contributed by atoms with E-state index in [-0.39, 0.29) is 5.63 Å². The second-order valence-corrected chi connectivity index (χ2v) is 8.56. The molecule has 0 saturated carbocycles. The third-order valence-corrected chi connectivity index (χ3v) is 6.58. The molecule has 0 N–H and O–H groups in total. The van der Waals surface area contributed by atoms with Crippen molar-refractivity contribution < 1.29 is 23.0 Å². The van der Waals surface area contributed by atoms with Gasteiger partial charge in [0.15, 0.2) is 11.5 Å². The van der Waals surface area contributed by atoms with Crippen LogP contribution >= 0.6 is 11.8 Å². The lowest BCUT2D eigenvalue weighted by Gasteiger charge is -2.12. The lowest BCUT2D eigenvalue weighted by molar-refractivity contribution is 0.324. The lowest BCUT2D eigenvalue weighted by atomic mass is 10.0. The predicted octanol–water partition coefficient (Wildman–Crippen LogP) is 4.65. The van der Waals surface area contributed by atoms with Crippen LogP contribution in [0.15, 0.2) is 49.2 Å². The summed E-state index contributed by atoms with van der Waals surface area (Å²) < 4.78 is 27.5. The van der Waals surface area contributed by atoms with Crippen molar-refractivity contribution >= 4 is 22.7 Å². The number of aryl methyl sites for hydroxylation is 2. The summed E-state index contributed by atoms with van der Waals surface area (Å²) >= 11 is 1.37. The number of methoxy groups -OCH3 is 3. The Labute approximate surface area is 193 Å². The number of ether oxygens (including phenoxy) is 3. The Bertz CT molecular complexity index is 1370. The van der Waals surface area contributed by atoms with Crippen LogP contribution in [0.5, 0.6) is 17.2 Å². The monoisotopic (exact) mass is 466 g/mol. The molecule has 0 aliphatic heterocycles. The molecule has 8 nitrogen and oxygen atoms in total. The topological polar surface area (TPSA) is 96.8 Å². The van der Waals surface area contributed by atoms with E-state index in [0.717, 1.165) is 30.2 Å². The Hall–Kier alpha value is -3.46. The van der Waals surface area contributed by atoms with E-state index in [9.17, 15) is 4.79 Å². The Kier molecular flexibility index (Phi) is 5.72. The summed E-state index contributed by atoms with van der Waals surface area (Å²) in [5, 5.41) is 9.66. The zero-order valence-corrected chi connectivity index (χ0v) is 19.3. The highest BCUT2D eigenvalue weighted by Gasteiger charge is 2.19. The molecule has 9 heteroatoms. The van der Waals surface area contributed by atoms with Crippen LogP contribution in [0.3, 0.4) is 0 Å². The van der Waals surface area contributed by atoms with Gasteiger partial charge in [-0.25, -0.2) is 4.79 Å². The molecule has 1 aliphatic carbocycles. The molecule has 0 spiro atoms. The number of aromatic nitrogens is 2. The maximum atomic E-state index is 12.1. The van der Waals surface area contributed by atoms with Crippen molar-refractivity contribution in [2.45, 2.75) is 30.2 Å². The molecule has 0 saturated heterocycles.